The molecule has 0 bridgehead atoms. The Hall–Kier alpha value is -4.17. The Morgan fingerprint density at radius 1 is 0.756 bits per heavy atom. The van der Waals surface area contributed by atoms with Crippen molar-refractivity contribution in [1.82, 2.24) is 16.0 Å². The molecule has 214 valence electrons. The van der Waals surface area contributed by atoms with Gasteiger partial charge >= 0.3 is 6.09 Å². The lowest BCUT2D eigenvalue weighted by Crippen LogP contribution is -2.55. The zero-order valence-electron chi connectivity index (χ0n) is 23.2. The minimum absolute atomic E-state index is 0.0986. The minimum atomic E-state index is -1.01. The number of halogens is 1. The monoisotopic (exact) mass is 575 g/mol. The van der Waals surface area contributed by atoms with E-state index in [-0.39, 0.29) is 24.9 Å². The van der Waals surface area contributed by atoms with Gasteiger partial charge in [0.15, 0.2) is 0 Å². The third kappa shape index (κ3) is 7.32. The van der Waals surface area contributed by atoms with Gasteiger partial charge in [0.05, 0.1) is 0 Å². The number of benzene rings is 3. The fraction of sp³-hybridized carbons (Fsp3) is 0.312. The van der Waals surface area contributed by atoms with Crippen LogP contribution in [0.4, 0.5) is 4.79 Å². The summed E-state index contributed by atoms with van der Waals surface area (Å²) in [5.74, 6) is -1.49. The highest BCUT2D eigenvalue weighted by molar-refractivity contribution is 6.64. The average molecular weight is 576 g/mol. The largest absolute Gasteiger partial charge is 0.449 e. The van der Waals surface area contributed by atoms with E-state index in [1.165, 1.54) is 6.92 Å². The highest BCUT2D eigenvalue weighted by Crippen LogP contribution is 2.44. The molecule has 3 aromatic rings. The van der Waals surface area contributed by atoms with Gasteiger partial charge in [0.2, 0.25) is 17.1 Å². The van der Waals surface area contributed by atoms with Gasteiger partial charge in [-0.1, -0.05) is 92.7 Å². The van der Waals surface area contributed by atoms with Gasteiger partial charge in [0.1, 0.15) is 24.7 Å². The molecule has 0 saturated carbocycles. The van der Waals surface area contributed by atoms with Crippen LogP contribution in [0.25, 0.3) is 11.1 Å². The van der Waals surface area contributed by atoms with Gasteiger partial charge in [-0.2, -0.15) is 0 Å². The zero-order chi connectivity index (χ0) is 29.5. The molecule has 0 aromatic heterocycles. The molecule has 41 heavy (non-hydrogen) atoms. The summed E-state index contributed by atoms with van der Waals surface area (Å²) in [5.41, 5.74) is 5.20. The van der Waals surface area contributed by atoms with Crippen LogP contribution in [-0.4, -0.2) is 47.9 Å². The van der Waals surface area contributed by atoms with E-state index in [9.17, 15) is 19.2 Å². The average Bonchev–Trinajstić information content (AvgIpc) is 3.28. The Bertz CT molecular complexity index is 1370. The summed E-state index contributed by atoms with van der Waals surface area (Å²) in [7, 11) is 0. The number of hydrogen-bond donors (Lipinski definition) is 3. The molecule has 0 aliphatic heterocycles. The molecule has 0 radical (unpaired) electrons. The van der Waals surface area contributed by atoms with E-state index in [4.69, 9.17) is 16.3 Å². The molecule has 3 atom stereocenters. The van der Waals surface area contributed by atoms with Crippen molar-refractivity contribution in [3.63, 3.8) is 0 Å². The summed E-state index contributed by atoms with van der Waals surface area (Å²) in [5, 5.41) is 7.20. The quantitative estimate of drug-likeness (QED) is 0.290. The molecule has 4 rings (SSSR count). The highest BCUT2D eigenvalue weighted by Gasteiger charge is 2.31. The second kappa shape index (κ2) is 13.5. The van der Waals surface area contributed by atoms with Crippen LogP contribution >= 0.6 is 11.6 Å². The molecular weight excluding hydrogens is 542 g/mol. The van der Waals surface area contributed by atoms with Gasteiger partial charge in [0.25, 0.3) is 0 Å². The topological polar surface area (TPSA) is 114 Å². The fourth-order valence-electron chi connectivity index (χ4n) is 4.98. The van der Waals surface area contributed by atoms with E-state index < -0.39 is 41.3 Å². The maximum absolute atomic E-state index is 13.3. The molecule has 0 saturated heterocycles. The van der Waals surface area contributed by atoms with E-state index in [1.807, 2.05) is 66.7 Å². The first-order valence-electron chi connectivity index (χ1n) is 13.6. The molecule has 0 heterocycles. The number of fused-ring (bicyclic) bond motifs is 3. The number of hydrogen-bond acceptors (Lipinski definition) is 5. The third-order valence-corrected chi connectivity index (χ3v) is 7.43. The Labute approximate surface area is 244 Å². The molecule has 1 unspecified atom stereocenters. The van der Waals surface area contributed by atoms with Crippen LogP contribution in [0.15, 0.2) is 78.9 Å². The minimum Gasteiger partial charge on any atom is -0.449 e. The third-order valence-electron chi connectivity index (χ3n) is 7.20. The predicted octanol–water partition coefficient (Wildman–Crippen LogP) is 4.55. The molecule has 0 fully saturated rings. The Morgan fingerprint density at radius 3 is 1.88 bits per heavy atom. The first kappa shape index (κ1) is 29.8. The van der Waals surface area contributed by atoms with Gasteiger partial charge in [-0.3, -0.25) is 14.4 Å². The lowest BCUT2D eigenvalue weighted by molar-refractivity contribution is -0.131. The summed E-state index contributed by atoms with van der Waals surface area (Å²) >= 11 is 5.62. The molecule has 3 amide bonds. The maximum Gasteiger partial charge on any atom is 0.407 e. The van der Waals surface area contributed by atoms with Gasteiger partial charge in [-0.25, -0.2) is 4.79 Å². The van der Waals surface area contributed by atoms with Crippen LogP contribution < -0.4 is 16.0 Å². The SMILES string of the molecule is CC(C)C(NC(=O)[C@H](C)NC(=O)[C@H](Cc1ccccc1)NC(=O)OCC1c2ccccc2-c2ccccc21)C(=O)Cl. The van der Waals surface area contributed by atoms with E-state index in [2.05, 4.69) is 28.1 Å². The molecule has 0 spiro atoms. The van der Waals surface area contributed by atoms with Crippen molar-refractivity contribution >= 4 is 34.8 Å². The highest BCUT2D eigenvalue weighted by atomic mass is 35.5. The van der Waals surface area contributed by atoms with Crippen LogP contribution in [0.5, 0.6) is 0 Å². The second-order valence-corrected chi connectivity index (χ2v) is 10.8. The van der Waals surface area contributed by atoms with Gasteiger partial charge < -0.3 is 20.7 Å². The Balaban J connectivity index is 1.43. The van der Waals surface area contributed by atoms with Crippen molar-refractivity contribution in [3.8, 4) is 11.1 Å². The van der Waals surface area contributed by atoms with E-state index in [0.717, 1.165) is 27.8 Å². The molecular formula is C32H34ClN3O5. The Morgan fingerprint density at radius 2 is 1.32 bits per heavy atom. The van der Waals surface area contributed by atoms with Crippen molar-refractivity contribution in [2.75, 3.05) is 6.61 Å². The second-order valence-electron chi connectivity index (χ2n) is 10.5. The van der Waals surface area contributed by atoms with Crippen molar-refractivity contribution in [2.24, 2.45) is 5.92 Å². The number of amides is 3. The zero-order valence-corrected chi connectivity index (χ0v) is 24.0. The predicted molar refractivity (Wildman–Crippen MR) is 157 cm³/mol. The fourth-order valence-corrected chi connectivity index (χ4v) is 5.29. The lowest BCUT2D eigenvalue weighted by atomic mass is 9.98. The number of ether oxygens (including phenoxy) is 1. The summed E-state index contributed by atoms with van der Waals surface area (Å²) in [4.78, 5) is 50.7. The van der Waals surface area contributed by atoms with E-state index in [0.29, 0.717) is 0 Å². The first-order chi connectivity index (χ1) is 19.7. The van der Waals surface area contributed by atoms with Gasteiger partial charge in [-0.05, 0) is 52.3 Å². The number of rotatable bonds is 11. The van der Waals surface area contributed by atoms with Gasteiger partial charge in [-0.15, -0.1) is 0 Å². The maximum atomic E-state index is 13.3. The molecule has 1 aliphatic rings. The van der Waals surface area contributed by atoms with Crippen molar-refractivity contribution in [1.29, 1.82) is 0 Å². The molecule has 9 heteroatoms. The smallest absolute Gasteiger partial charge is 0.407 e. The Kier molecular flexibility index (Phi) is 9.78. The normalized spacial score (nSPS) is 14.3. The number of alkyl carbamates (subject to hydrolysis) is 1. The molecule has 3 aromatic carbocycles. The molecule has 1 aliphatic carbocycles. The number of nitrogens with one attached hydrogen (secondary N) is 3. The van der Waals surface area contributed by atoms with Crippen molar-refractivity contribution < 1.29 is 23.9 Å². The number of carbonyl (C=O) groups is 4. The summed E-state index contributed by atoms with van der Waals surface area (Å²) < 4.78 is 5.65. The first-order valence-corrected chi connectivity index (χ1v) is 14.0. The van der Waals surface area contributed by atoms with Crippen LogP contribution in [0.2, 0.25) is 0 Å². The van der Waals surface area contributed by atoms with Crippen LogP contribution in [0, 0.1) is 5.92 Å². The summed E-state index contributed by atoms with van der Waals surface area (Å²) in [6, 6.07) is 22.4. The van der Waals surface area contributed by atoms with Crippen LogP contribution in [0.3, 0.4) is 0 Å². The van der Waals surface area contributed by atoms with E-state index >= 15 is 0 Å². The molecule has 3 N–H and O–H groups in total. The van der Waals surface area contributed by atoms with Gasteiger partial charge in [0, 0.05) is 12.3 Å². The van der Waals surface area contributed by atoms with E-state index in [1.54, 1.807) is 13.8 Å². The van der Waals surface area contributed by atoms with Crippen molar-refractivity contribution in [2.45, 2.75) is 51.2 Å². The summed E-state index contributed by atoms with van der Waals surface area (Å²) in [6.07, 6.45) is -0.562. The van der Waals surface area contributed by atoms with Crippen LogP contribution in [0.1, 0.15) is 43.4 Å². The van der Waals surface area contributed by atoms with Crippen molar-refractivity contribution in [3.05, 3.63) is 95.6 Å². The summed E-state index contributed by atoms with van der Waals surface area (Å²) in [6.45, 7) is 5.10. The molecule has 8 nitrogen and oxygen atoms in total. The standard InChI is InChI=1S/C32H34ClN3O5/c1-19(2)28(29(33)37)36-30(38)20(3)34-31(39)27(17-21-11-5-4-6-12-21)35-32(40)41-18-26-24-15-9-7-13-22(24)23-14-8-10-16-25(23)26/h4-16,19-20,26-28H,17-18H2,1-3H3,(H,34,39)(H,35,40)(H,36,38)/t20-,27-,28?/m0/s1. The van der Waals surface area contributed by atoms with Crippen LogP contribution in [-0.2, 0) is 25.5 Å². The lowest BCUT2D eigenvalue weighted by Gasteiger charge is -2.24. The number of carbonyl (C=O) groups excluding carboxylic acids is 4.